The van der Waals surface area contributed by atoms with Gasteiger partial charge in [-0.15, -0.1) is 11.3 Å². The van der Waals surface area contributed by atoms with E-state index in [-0.39, 0.29) is 11.8 Å². The zero-order chi connectivity index (χ0) is 17.9. The molecule has 1 fully saturated rings. The Labute approximate surface area is 158 Å². The predicted octanol–water partition coefficient (Wildman–Crippen LogP) is 4.75. The number of hydrogen-bond acceptors (Lipinski definition) is 3. The maximum atomic E-state index is 12.7. The summed E-state index contributed by atoms with van der Waals surface area (Å²) in [4.78, 5) is 15.7. The lowest BCUT2D eigenvalue weighted by Gasteiger charge is -2.20. The third kappa shape index (κ3) is 3.44. The maximum absolute atomic E-state index is 12.7. The van der Waals surface area contributed by atoms with Crippen LogP contribution in [0.1, 0.15) is 31.2 Å². The van der Waals surface area contributed by atoms with Crippen molar-refractivity contribution in [3.8, 4) is 16.3 Å². The van der Waals surface area contributed by atoms with Gasteiger partial charge in [0.05, 0.1) is 10.6 Å². The second-order valence-electron chi connectivity index (χ2n) is 6.94. The molecule has 0 unspecified atom stereocenters. The van der Waals surface area contributed by atoms with Gasteiger partial charge in [0, 0.05) is 31.3 Å². The van der Waals surface area contributed by atoms with Crippen molar-refractivity contribution in [1.29, 1.82) is 0 Å². The minimum Gasteiger partial charge on any atom is -0.341 e. The molecule has 5 heteroatoms. The van der Waals surface area contributed by atoms with Crippen LogP contribution in [0.25, 0.3) is 16.3 Å². The molecule has 1 aliphatic rings. The van der Waals surface area contributed by atoms with Crippen molar-refractivity contribution in [2.45, 2.75) is 32.2 Å². The van der Waals surface area contributed by atoms with E-state index in [0.29, 0.717) is 6.54 Å². The number of amides is 1. The Bertz CT molecular complexity index is 864. The highest BCUT2D eigenvalue weighted by Crippen LogP contribution is 2.30. The van der Waals surface area contributed by atoms with Crippen LogP contribution in [0.4, 0.5) is 0 Å². The Morgan fingerprint density at radius 1 is 1.19 bits per heavy atom. The number of nitrogens with zero attached hydrogens (tertiary/aromatic N) is 3. The van der Waals surface area contributed by atoms with Crippen molar-refractivity contribution in [2.24, 2.45) is 5.92 Å². The van der Waals surface area contributed by atoms with Gasteiger partial charge in [0.25, 0.3) is 0 Å². The quantitative estimate of drug-likeness (QED) is 0.654. The third-order valence-electron chi connectivity index (χ3n) is 5.05. The van der Waals surface area contributed by atoms with Crippen molar-refractivity contribution < 1.29 is 4.79 Å². The molecule has 4 nitrogen and oxygen atoms in total. The number of carbonyl (C=O) groups excluding carboxylic acids is 1. The van der Waals surface area contributed by atoms with Crippen LogP contribution in [0.2, 0.25) is 0 Å². The summed E-state index contributed by atoms with van der Waals surface area (Å²) in [5.74, 6) is 0.474. The second kappa shape index (κ2) is 7.46. The summed E-state index contributed by atoms with van der Waals surface area (Å²) >= 11 is 1.68. The lowest BCUT2D eigenvalue weighted by Crippen LogP contribution is -2.31. The smallest absolute Gasteiger partial charge is 0.225 e. The van der Waals surface area contributed by atoms with Crippen LogP contribution in [-0.4, -0.2) is 27.6 Å². The molecule has 1 aliphatic carbocycles. The first-order chi connectivity index (χ1) is 12.7. The molecule has 4 rings (SSSR count). The molecule has 1 aromatic carbocycles. The maximum Gasteiger partial charge on any atom is 0.225 e. The van der Waals surface area contributed by atoms with Gasteiger partial charge in [-0.25, -0.2) is 4.68 Å². The summed E-state index contributed by atoms with van der Waals surface area (Å²) in [5.41, 5.74) is 3.08. The molecule has 1 saturated carbocycles. The number of aromatic nitrogens is 2. The molecule has 0 aliphatic heterocycles. The van der Waals surface area contributed by atoms with Gasteiger partial charge < -0.3 is 4.90 Å². The highest BCUT2D eigenvalue weighted by molar-refractivity contribution is 7.13. The molecule has 2 aromatic heterocycles. The monoisotopic (exact) mass is 365 g/mol. The van der Waals surface area contributed by atoms with E-state index in [2.05, 4.69) is 17.6 Å². The number of carbonyl (C=O) groups is 1. The van der Waals surface area contributed by atoms with Crippen LogP contribution in [0.15, 0.2) is 54.0 Å². The summed E-state index contributed by atoms with van der Waals surface area (Å²) in [6, 6.07) is 14.2. The van der Waals surface area contributed by atoms with E-state index in [1.165, 1.54) is 12.8 Å². The minimum atomic E-state index is 0.203. The van der Waals surface area contributed by atoms with E-state index in [1.54, 1.807) is 11.3 Å². The van der Waals surface area contributed by atoms with E-state index in [0.717, 1.165) is 34.7 Å². The summed E-state index contributed by atoms with van der Waals surface area (Å²) in [7, 11) is 1.92. The van der Waals surface area contributed by atoms with E-state index < -0.39 is 0 Å². The molecule has 0 N–H and O–H groups in total. The number of thiophene rings is 1. The highest BCUT2D eigenvalue weighted by Gasteiger charge is 2.26. The molecule has 3 aromatic rings. The van der Waals surface area contributed by atoms with Crippen LogP contribution < -0.4 is 0 Å². The normalized spacial score (nSPS) is 14.7. The second-order valence-corrected chi connectivity index (χ2v) is 7.88. The SMILES string of the molecule is CN(Cc1cn(-c2ccccc2)nc1-c1cccs1)C(=O)C1CCCC1. The molecular weight excluding hydrogens is 342 g/mol. The molecule has 0 saturated heterocycles. The lowest BCUT2D eigenvalue weighted by molar-refractivity contribution is -0.134. The highest BCUT2D eigenvalue weighted by atomic mass is 32.1. The van der Waals surface area contributed by atoms with Gasteiger partial charge in [-0.05, 0) is 36.4 Å². The fourth-order valence-electron chi connectivity index (χ4n) is 3.68. The molecule has 0 radical (unpaired) electrons. The van der Waals surface area contributed by atoms with Crippen LogP contribution in [0.3, 0.4) is 0 Å². The molecule has 1 amide bonds. The van der Waals surface area contributed by atoms with Gasteiger partial charge in [-0.3, -0.25) is 4.79 Å². The topological polar surface area (TPSA) is 38.1 Å². The summed E-state index contributed by atoms with van der Waals surface area (Å²) in [6.45, 7) is 0.593. The van der Waals surface area contributed by atoms with E-state index in [9.17, 15) is 4.79 Å². The summed E-state index contributed by atoms with van der Waals surface area (Å²) in [6.07, 6.45) is 6.48. The Morgan fingerprint density at radius 2 is 1.96 bits per heavy atom. The number of benzene rings is 1. The van der Waals surface area contributed by atoms with Crippen LogP contribution >= 0.6 is 11.3 Å². The average molecular weight is 366 g/mol. The van der Waals surface area contributed by atoms with E-state index >= 15 is 0 Å². The first kappa shape index (κ1) is 17.0. The molecule has 0 atom stereocenters. The Balaban J connectivity index is 1.63. The van der Waals surface area contributed by atoms with Gasteiger partial charge in [0.1, 0.15) is 5.69 Å². The van der Waals surface area contributed by atoms with E-state index in [4.69, 9.17) is 5.10 Å². The molecule has 26 heavy (non-hydrogen) atoms. The zero-order valence-corrected chi connectivity index (χ0v) is 15.8. The van der Waals surface area contributed by atoms with Crippen molar-refractivity contribution >= 4 is 17.2 Å². The summed E-state index contributed by atoms with van der Waals surface area (Å²) in [5, 5.41) is 6.89. The fraction of sp³-hybridized carbons (Fsp3) is 0.333. The molecule has 0 spiro atoms. The minimum absolute atomic E-state index is 0.203. The van der Waals surface area contributed by atoms with Gasteiger partial charge in [-0.2, -0.15) is 5.10 Å². The van der Waals surface area contributed by atoms with Crippen LogP contribution in [-0.2, 0) is 11.3 Å². The molecule has 134 valence electrons. The zero-order valence-electron chi connectivity index (χ0n) is 15.0. The Morgan fingerprint density at radius 3 is 2.65 bits per heavy atom. The third-order valence-corrected chi connectivity index (χ3v) is 5.93. The molecular formula is C21H23N3OS. The fourth-order valence-corrected chi connectivity index (χ4v) is 4.42. The van der Waals surface area contributed by atoms with Crippen molar-refractivity contribution in [3.05, 3.63) is 59.6 Å². The number of rotatable bonds is 5. The molecule has 0 bridgehead atoms. The Hall–Kier alpha value is -2.40. The van der Waals surface area contributed by atoms with Gasteiger partial charge in [-0.1, -0.05) is 37.1 Å². The van der Waals surface area contributed by atoms with Gasteiger partial charge >= 0.3 is 0 Å². The van der Waals surface area contributed by atoms with Crippen molar-refractivity contribution in [1.82, 2.24) is 14.7 Å². The van der Waals surface area contributed by atoms with Crippen molar-refractivity contribution in [2.75, 3.05) is 7.05 Å². The Kier molecular flexibility index (Phi) is 4.89. The predicted molar refractivity (Wildman–Crippen MR) is 105 cm³/mol. The molecule has 2 heterocycles. The van der Waals surface area contributed by atoms with Gasteiger partial charge in [0.15, 0.2) is 0 Å². The van der Waals surface area contributed by atoms with Gasteiger partial charge in [0.2, 0.25) is 5.91 Å². The number of hydrogen-bond donors (Lipinski definition) is 0. The first-order valence-electron chi connectivity index (χ1n) is 9.15. The first-order valence-corrected chi connectivity index (χ1v) is 10.0. The number of para-hydroxylation sites is 1. The standard InChI is InChI=1S/C21H23N3OS/c1-23(21(25)16-8-5-6-9-16)14-17-15-24(18-10-3-2-4-11-18)22-20(17)19-12-7-13-26-19/h2-4,7,10-13,15-16H,5-6,8-9,14H2,1H3. The summed E-state index contributed by atoms with van der Waals surface area (Å²) < 4.78 is 1.91. The largest absolute Gasteiger partial charge is 0.341 e. The average Bonchev–Trinajstić information content (AvgIpc) is 3.42. The van der Waals surface area contributed by atoms with Crippen molar-refractivity contribution in [3.63, 3.8) is 0 Å². The van der Waals surface area contributed by atoms with Crippen LogP contribution in [0, 0.1) is 5.92 Å². The van der Waals surface area contributed by atoms with Crippen LogP contribution in [0.5, 0.6) is 0 Å². The van der Waals surface area contributed by atoms with E-state index in [1.807, 2.05) is 53.0 Å². The lowest BCUT2D eigenvalue weighted by atomic mass is 10.1.